The van der Waals surface area contributed by atoms with Crippen molar-refractivity contribution in [1.29, 1.82) is 0 Å². The molecule has 1 saturated heterocycles. The van der Waals surface area contributed by atoms with E-state index in [0.717, 1.165) is 27.8 Å². The van der Waals surface area contributed by atoms with E-state index in [1.54, 1.807) is 0 Å². The van der Waals surface area contributed by atoms with Gasteiger partial charge in [0.25, 0.3) is 5.91 Å². The third-order valence-corrected chi connectivity index (χ3v) is 6.79. The van der Waals surface area contributed by atoms with Crippen molar-refractivity contribution in [3.05, 3.63) is 77.4 Å². The van der Waals surface area contributed by atoms with E-state index in [1.165, 1.54) is 6.92 Å². The van der Waals surface area contributed by atoms with Crippen LogP contribution in [0.25, 0.3) is 22.2 Å². The van der Waals surface area contributed by atoms with E-state index in [-0.39, 0.29) is 11.8 Å². The highest BCUT2D eigenvalue weighted by atomic mass is 35.5. The first kappa shape index (κ1) is 24.6. The summed E-state index contributed by atoms with van der Waals surface area (Å²) in [6.07, 6.45) is 0. The minimum atomic E-state index is -0.110. The fourth-order valence-electron chi connectivity index (χ4n) is 4.59. The molecule has 1 aliphatic heterocycles. The average molecular weight is 517 g/mol. The predicted molar refractivity (Wildman–Crippen MR) is 148 cm³/mol. The van der Waals surface area contributed by atoms with Gasteiger partial charge >= 0.3 is 0 Å². The van der Waals surface area contributed by atoms with Crippen molar-refractivity contribution >= 4 is 45.8 Å². The standard InChI is InChI=1S/C28H29ClN6O2/c1-19(36)30-11-12-31-27-21-17-23(20-7-3-2-4-8-20)32-24(21)18-25(33-27)28(37)35-15-13-34(14-16-35)26-10-6-5-9-22(26)29/h2-10,17-18,32H,11-16H2,1H3,(H,30,36)(H,31,33). The Labute approximate surface area is 220 Å². The Bertz CT molecular complexity index is 1410. The van der Waals surface area contributed by atoms with Gasteiger partial charge in [0.1, 0.15) is 11.5 Å². The molecule has 37 heavy (non-hydrogen) atoms. The van der Waals surface area contributed by atoms with E-state index in [2.05, 4.69) is 20.5 Å². The van der Waals surface area contributed by atoms with E-state index in [1.807, 2.05) is 71.6 Å². The lowest BCUT2D eigenvalue weighted by molar-refractivity contribution is -0.118. The molecule has 0 spiro atoms. The molecule has 1 fully saturated rings. The highest BCUT2D eigenvalue weighted by molar-refractivity contribution is 6.33. The average Bonchev–Trinajstić information content (AvgIpc) is 3.36. The monoisotopic (exact) mass is 516 g/mol. The molecule has 2 aromatic heterocycles. The SMILES string of the molecule is CC(=O)NCCNc1nc(C(=O)N2CCN(c3ccccc3Cl)CC2)cc2[nH]c(-c3ccccc3)cc12. The smallest absolute Gasteiger partial charge is 0.272 e. The summed E-state index contributed by atoms with van der Waals surface area (Å²) in [7, 11) is 0. The molecule has 2 amide bonds. The quantitative estimate of drug-likeness (QED) is 0.317. The Morgan fingerprint density at radius 3 is 2.43 bits per heavy atom. The molecule has 0 radical (unpaired) electrons. The minimum Gasteiger partial charge on any atom is -0.368 e. The zero-order chi connectivity index (χ0) is 25.8. The van der Waals surface area contributed by atoms with Crippen LogP contribution in [0.3, 0.4) is 0 Å². The van der Waals surface area contributed by atoms with Gasteiger partial charge in [-0.1, -0.05) is 54.1 Å². The van der Waals surface area contributed by atoms with Gasteiger partial charge in [-0.25, -0.2) is 4.98 Å². The molecule has 3 heterocycles. The van der Waals surface area contributed by atoms with Crippen LogP contribution < -0.4 is 15.5 Å². The summed E-state index contributed by atoms with van der Waals surface area (Å²) in [5, 5.41) is 7.68. The lowest BCUT2D eigenvalue weighted by Crippen LogP contribution is -2.49. The molecule has 0 atom stereocenters. The topological polar surface area (TPSA) is 93.4 Å². The maximum Gasteiger partial charge on any atom is 0.272 e. The second kappa shape index (κ2) is 10.9. The number of aromatic amines is 1. The van der Waals surface area contributed by atoms with Crippen molar-refractivity contribution in [3.8, 4) is 11.3 Å². The first-order valence-corrected chi connectivity index (χ1v) is 12.7. The second-order valence-electron chi connectivity index (χ2n) is 9.01. The lowest BCUT2D eigenvalue weighted by Gasteiger charge is -2.36. The Hall–Kier alpha value is -4.04. The number of amides is 2. The normalized spacial score (nSPS) is 13.6. The third kappa shape index (κ3) is 5.54. The number of carbonyl (C=O) groups is 2. The molecule has 8 nitrogen and oxygen atoms in total. The van der Waals surface area contributed by atoms with Crippen molar-refractivity contribution in [2.45, 2.75) is 6.92 Å². The number of para-hydroxylation sites is 1. The fourth-order valence-corrected chi connectivity index (χ4v) is 4.84. The number of anilines is 2. The van der Waals surface area contributed by atoms with Crippen molar-refractivity contribution < 1.29 is 9.59 Å². The lowest BCUT2D eigenvalue weighted by atomic mass is 10.1. The van der Waals surface area contributed by atoms with Gasteiger partial charge in [-0.15, -0.1) is 0 Å². The van der Waals surface area contributed by atoms with Crippen molar-refractivity contribution in [2.75, 3.05) is 49.5 Å². The van der Waals surface area contributed by atoms with Gasteiger partial charge < -0.3 is 25.4 Å². The summed E-state index contributed by atoms with van der Waals surface area (Å²) in [4.78, 5) is 37.0. The van der Waals surface area contributed by atoms with Crippen molar-refractivity contribution in [2.24, 2.45) is 0 Å². The number of hydrogen-bond donors (Lipinski definition) is 3. The van der Waals surface area contributed by atoms with Gasteiger partial charge in [0, 0.05) is 57.3 Å². The summed E-state index contributed by atoms with van der Waals surface area (Å²) in [6, 6.07) is 21.7. The van der Waals surface area contributed by atoms with Crippen LogP contribution >= 0.6 is 11.6 Å². The second-order valence-corrected chi connectivity index (χ2v) is 9.41. The zero-order valence-electron chi connectivity index (χ0n) is 20.6. The highest BCUT2D eigenvalue weighted by Gasteiger charge is 2.25. The van der Waals surface area contributed by atoms with Crippen LogP contribution in [0.1, 0.15) is 17.4 Å². The van der Waals surface area contributed by atoms with Crippen molar-refractivity contribution in [1.82, 2.24) is 20.2 Å². The maximum absolute atomic E-state index is 13.5. The summed E-state index contributed by atoms with van der Waals surface area (Å²) < 4.78 is 0. The van der Waals surface area contributed by atoms with Crippen LogP contribution in [0.15, 0.2) is 66.7 Å². The molecular weight excluding hydrogens is 488 g/mol. The molecule has 0 unspecified atom stereocenters. The van der Waals surface area contributed by atoms with E-state index < -0.39 is 0 Å². The molecule has 0 bridgehead atoms. The van der Waals surface area contributed by atoms with Crippen LogP contribution in [0.4, 0.5) is 11.5 Å². The van der Waals surface area contributed by atoms with Crippen LogP contribution in [-0.4, -0.2) is 66.0 Å². The highest BCUT2D eigenvalue weighted by Crippen LogP contribution is 2.30. The van der Waals surface area contributed by atoms with Crippen LogP contribution in [0.5, 0.6) is 0 Å². The molecule has 4 aromatic rings. The summed E-state index contributed by atoms with van der Waals surface area (Å²) >= 11 is 6.38. The van der Waals surface area contributed by atoms with Gasteiger partial charge in [-0.05, 0) is 29.8 Å². The van der Waals surface area contributed by atoms with Gasteiger partial charge in [0.2, 0.25) is 5.91 Å². The van der Waals surface area contributed by atoms with E-state index >= 15 is 0 Å². The number of aromatic nitrogens is 2. The predicted octanol–water partition coefficient (Wildman–Crippen LogP) is 4.39. The van der Waals surface area contributed by atoms with Gasteiger partial charge in [0.05, 0.1) is 16.2 Å². The molecule has 0 saturated carbocycles. The van der Waals surface area contributed by atoms with Crippen LogP contribution in [0, 0.1) is 0 Å². The number of halogens is 1. The fraction of sp³-hybridized carbons (Fsp3) is 0.250. The van der Waals surface area contributed by atoms with Crippen LogP contribution in [-0.2, 0) is 4.79 Å². The number of fused-ring (bicyclic) bond motifs is 1. The summed E-state index contributed by atoms with van der Waals surface area (Å²) in [5.41, 5.74) is 4.18. The van der Waals surface area contributed by atoms with E-state index in [9.17, 15) is 9.59 Å². The number of pyridine rings is 1. The maximum atomic E-state index is 13.5. The Morgan fingerprint density at radius 1 is 0.973 bits per heavy atom. The molecule has 1 aliphatic rings. The molecule has 9 heteroatoms. The number of benzene rings is 2. The molecule has 2 aromatic carbocycles. The zero-order valence-corrected chi connectivity index (χ0v) is 21.4. The summed E-state index contributed by atoms with van der Waals surface area (Å²) in [6.45, 7) is 4.97. The number of rotatable bonds is 7. The molecular formula is C28H29ClN6O2. The summed E-state index contributed by atoms with van der Waals surface area (Å²) in [5.74, 6) is 0.411. The molecule has 5 rings (SSSR count). The number of nitrogens with zero attached hydrogens (tertiary/aromatic N) is 3. The molecule has 3 N–H and O–H groups in total. The first-order valence-electron chi connectivity index (χ1n) is 12.4. The Balaban J connectivity index is 1.38. The first-order chi connectivity index (χ1) is 18.0. The number of hydrogen-bond acceptors (Lipinski definition) is 5. The Morgan fingerprint density at radius 2 is 1.70 bits per heavy atom. The molecule has 0 aliphatic carbocycles. The van der Waals surface area contributed by atoms with Gasteiger partial charge in [-0.3, -0.25) is 9.59 Å². The van der Waals surface area contributed by atoms with Gasteiger partial charge in [-0.2, -0.15) is 0 Å². The van der Waals surface area contributed by atoms with E-state index in [4.69, 9.17) is 16.6 Å². The number of nitrogens with one attached hydrogen (secondary N) is 3. The van der Waals surface area contributed by atoms with E-state index in [0.29, 0.717) is 55.8 Å². The van der Waals surface area contributed by atoms with Crippen LogP contribution in [0.2, 0.25) is 5.02 Å². The number of H-pyrrole nitrogens is 1. The number of carbonyl (C=O) groups excluding carboxylic acids is 2. The molecule has 190 valence electrons. The van der Waals surface area contributed by atoms with Gasteiger partial charge in [0.15, 0.2) is 0 Å². The third-order valence-electron chi connectivity index (χ3n) is 6.47. The minimum absolute atomic E-state index is 0.0900. The number of piperazine rings is 1. The Kier molecular flexibility index (Phi) is 7.28. The van der Waals surface area contributed by atoms with Crippen molar-refractivity contribution in [3.63, 3.8) is 0 Å². The largest absolute Gasteiger partial charge is 0.368 e.